The van der Waals surface area contributed by atoms with Gasteiger partial charge in [0, 0.05) is 5.69 Å². The number of hydrazone groups is 1. The second-order valence-corrected chi connectivity index (χ2v) is 7.28. The monoisotopic (exact) mass is 387 g/mol. The third-order valence-electron chi connectivity index (χ3n) is 3.77. The largest absolute Gasteiger partial charge is 0.495 e. The quantitative estimate of drug-likeness (QED) is 0.476. The lowest BCUT2D eigenvalue weighted by Gasteiger charge is -2.18. The summed E-state index contributed by atoms with van der Waals surface area (Å²) in [5.41, 5.74) is 4.64. The molecular formula is C20H22ClN3O3. The SMILES string of the molecule is COc1ccc(NC(=O)C(=O)N/N=C\c2ccc(C(C)(C)C)cc2)cc1Cl. The van der Waals surface area contributed by atoms with Crippen molar-refractivity contribution in [2.24, 2.45) is 5.10 Å². The highest BCUT2D eigenvalue weighted by atomic mass is 35.5. The normalized spacial score (nSPS) is 11.3. The maximum absolute atomic E-state index is 11.9. The minimum Gasteiger partial charge on any atom is -0.495 e. The Morgan fingerprint density at radius 1 is 1.07 bits per heavy atom. The smallest absolute Gasteiger partial charge is 0.329 e. The molecule has 0 aliphatic heterocycles. The molecule has 0 aromatic heterocycles. The first-order valence-electron chi connectivity index (χ1n) is 8.29. The first-order chi connectivity index (χ1) is 12.7. The third kappa shape index (κ3) is 5.82. The van der Waals surface area contributed by atoms with Crippen LogP contribution in [0.25, 0.3) is 0 Å². The van der Waals surface area contributed by atoms with Crippen LogP contribution in [0.5, 0.6) is 5.75 Å². The molecule has 0 atom stereocenters. The fourth-order valence-corrected chi connectivity index (χ4v) is 2.48. The average molecular weight is 388 g/mol. The van der Waals surface area contributed by atoms with Gasteiger partial charge in [-0.2, -0.15) is 5.10 Å². The molecule has 0 aliphatic carbocycles. The lowest BCUT2D eigenvalue weighted by Crippen LogP contribution is -2.32. The first-order valence-corrected chi connectivity index (χ1v) is 8.67. The van der Waals surface area contributed by atoms with Gasteiger partial charge in [-0.15, -0.1) is 0 Å². The van der Waals surface area contributed by atoms with E-state index in [9.17, 15) is 9.59 Å². The number of rotatable bonds is 4. The summed E-state index contributed by atoms with van der Waals surface area (Å²) in [6, 6.07) is 12.5. The highest BCUT2D eigenvalue weighted by Gasteiger charge is 2.14. The van der Waals surface area contributed by atoms with Crippen molar-refractivity contribution in [3.8, 4) is 5.75 Å². The zero-order valence-electron chi connectivity index (χ0n) is 15.7. The minimum atomic E-state index is -0.885. The number of benzene rings is 2. The molecule has 2 N–H and O–H groups in total. The van der Waals surface area contributed by atoms with E-state index in [-0.39, 0.29) is 5.41 Å². The Morgan fingerprint density at radius 2 is 1.74 bits per heavy atom. The summed E-state index contributed by atoms with van der Waals surface area (Å²) in [5, 5.41) is 6.58. The van der Waals surface area contributed by atoms with E-state index < -0.39 is 11.8 Å². The predicted octanol–water partition coefficient (Wildman–Crippen LogP) is 3.73. The predicted molar refractivity (Wildman–Crippen MR) is 108 cm³/mol. The highest BCUT2D eigenvalue weighted by molar-refractivity contribution is 6.40. The number of halogens is 1. The molecule has 2 amide bonds. The van der Waals surface area contributed by atoms with Crippen molar-refractivity contribution < 1.29 is 14.3 Å². The highest BCUT2D eigenvalue weighted by Crippen LogP contribution is 2.27. The van der Waals surface area contributed by atoms with Crippen molar-refractivity contribution in [1.82, 2.24) is 5.43 Å². The molecule has 0 bridgehead atoms. The van der Waals surface area contributed by atoms with Crippen molar-refractivity contribution >= 4 is 35.3 Å². The van der Waals surface area contributed by atoms with Crippen LogP contribution < -0.4 is 15.5 Å². The van der Waals surface area contributed by atoms with Gasteiger partial charge in [-0.05, 0) is 34.7 Å². The van der Waals surface area contributed by atoms with Crippen molar-refractivity contribution in [2.45, 2.75) is 26.2 Å². The van der Waals surface area contributed by atoms with Gasteiger partial charge in [0.1, 0.15) is 5.75 Å². The van der Waals surface area contributed by atoms with E-state index in [0.29, 0.717) is 16.5 Å². The zero-order valence-corrected chi connectivity index (χ0v) is 16.4. The van der Waals surface area contributed by atoms with Gasteiger partial charge in [0.15, 0.2) is 0 Å². The van der Waals surface area contributed by atoms with Crippen LogP contribution in [-0.2, 0) is 15.0 Å². The van der Waals surface area contributed by atoms with Crippen LogP contribution in [0, 0.1) is 0 Å². The van der Waals surface area contributed by atoms with Crippen LogP contribution in [0.3, 0.4) is 0 Å². The van der Waals surface area contributed by atoms with Crippen LogP contribution in [0.4, 0.5) is 5.69 Å². The minimum absolute atomic E-state index is 0.0618. The molecule has 0 saturated heterocycles. The van der Waals surface area contributed by atoms with E-state index in [1.807, 2.05) is 24.3 Å². The molecule has 27 heavy (non-hydrogen) atoms. The second-order valence-electron chi connectivity index (χ2n) is 6.87. The molecule has 7 heteroatoms. The molecule has 0 unspecified atom stereocenters. The average Bonchev–Trinajstić information content (AvgIpc) is 2.61. The molecule has 0 saturated carbocycles. The fourth-order valence-electron chi connectivity index (χ4n) is 2.22. The third-order valence-corrected chi connectivity index (χ3v) is 4.07. The maximum Gasteiger partial charge on any atom is 0.329 e. The summed E-state index contributed by atoms with van der Waals surface area (Å²) >= 11 is 5.98. The van der Waals surface area contributed by atoms with Crippen molar-refractivity contribution in [3.63, 3.8) is 0 Å². The van der Waals surface area contributed by atoms with Crippen LogP contribution in [0.2, 0.25) is 5.02 Å². The topological polar surface area (TPSA) is 79.8 Å². The van der Waals surface area contributed by atoms with E-state index in [0.717, 1.165) is 5.56 Å². The Balaban J connectivity index is 1.91. The van der Waals surface area contributed by atoms with Gasteiger partial charge >= 0.3 is 11.8 Å². The number of hydrogen-bond acceptors (Lipinski definition) is 4. The fraction of sp³-hybridized carbons (Fsp3) is 0.250. The van der Waals surface area contributed by atoms with Gasteiger partial charge in [0.05, 0.1) is 18.3 Å². The number of hydrogen-bond donors (Lipinski definition) is 2. The van der Waals surface area contributed by atoms with E-state index in [4.69, 9.17) is 16.3 Å². The number of nitrogens with one attached hydrogen (secondary N) is 2. The van der Waals surface area contributed by atoms with Gasteiger partial charge in [0.25, 0.3) is 0 Å². The number of amides is 2. The lowest BCUT2D eigenvalue weighted by atomic mass is 9.87. The van der Waals surface area contributed by atoms with Crippen molar-refractivity contribution in [2.75, 3.05) is 12.4 Å². The van der Waals surface area contributed by atoms with E-state index in [1.54, 1.807) is 12.1 Å². The molecule has 142 valence electrons. The number of carbonyl (C=O) groups is 2. The van der Waals surface area contributed by atoms with E-state index >= 15 is 0 Å². The molecule has 6 nitrogen and oxygen atoms in total. The van der Waals surface area contributed by atoms with Crippen LogP contribution in [0.1, 0.15) is 31.9 Å². The van der Waals surface area contributed by atoms with Crippen LogP contribution in [0.15, 0.2) is 47.6 Å². The summed E-state index contributed by atoms with van der Waals surface area (Å²) in [4.78, 5) is 23.7. The molecule has 0 aliphatic rings. The number of carbonyl (C=O) groups excluding carboxylic acids is 2. The Kier molecular flexibility index (Phi) is 6.58. The van der Waals surface area contributed by atoms with Gasteiger partial charge in [-0.3, -0.25) is 9.59 Å². The van der Waals surface area contributed by atoms with E-state index in [1.165, 1.54) is 25.0 Å². The molecule has 2 aromatic rings. The molecule has 2 aromatic carbocycles. The maximum atomic E-state index is 11.9. The molecule has 0 fully saturated rings. The Bertz CT molecular complexity index is 856. The van der Waals surface area contributed by atoms with Gasteiger partial charge in [0.2, 0.25) is 0 Å². The summed E-state index contributed by atoms with van der Waals surface area (Å²) in [6.45, 7) is 6.39. The van der Waals surface area contributed by atoms with Gasteiger partial charge in [-0.25, -0.2) is 5.43 Å². The Hall–Kier alpha value is -2.86. The first kappa shape index (κ1) is 20.5. The van der Waals surface area contributed by atoms with Gasteiger partial charge in [-0.1, -0.05) is 56.6 Å². The molecule has 0 heterocycles. The van der Waals surface area contributed by atoms with Crippen molar-refractivity contribution in [1.29, 1.82) is 0 Å². The Morgan fingerprint density at radius 3 is 2.30 bits per heavy atom. The molecule has 2 rings (SSSR count). The van der Waals surface area contributed by atoms with Crippen molar-refractivity contribution in [3.05, 3.63) is 58.6 Å². The lowest BCUT2D eigenvalue weighted by molar-refractivity contribution is -0.136. The number of anilines is 1. The number of methoxy groups -OCH3 is 1. The number of ether oxygens (including phenoxy) is 1. The second kappa shape index (κ2) is 8.68. The summed E-state index contributed by atoms with van der Waals surface area (Å²) in [6.07, 6.45) is 1.47. The summed E-state index contributed by atoms with van der Waals surface area (Å²) in [5.74, 6) is -1.26. The standard InChI is InChI=1S/C20H22ClN3O3/c1-20(2,3)14-7-5-13(6-8-14)12-22-24-19(26)18(25)23-15-9-10-17(27-4)16(21)11-15/h5-12H,1-4H3,(H,23,25)(H,24,26)/b22-12-. The Labute approximate surface area is 163 Å². The van der Waals surface area contributed by atoms with Gasteiger partial charge < -0.3 is 10.1 Å². The number of nitrogens with zero attached hydrogens (tertiary/aromatic N) is 1. The molecule has 0 radical (unpaired) electrons. The summed E-state index contributed by atoms with van der Waals surface area (Å²) < 4.78 is 5.03. The summed E-state index contributed by atoms with van der Waals surface area (Å²) in [7, 11) is 1.49. The van der Waals surface area contributed by atoms with E-state index in [2.05, 4.69) is 36.6 Å². The molecule has 0 spiro atoms. The van der Waals surface area contributed by atoms with Crippen LogP contribution >= 0.6 is 11.6 Å². The van der Waals surface area contributed by atoms with Crippen LogP contribution in [-0.4, -0.2) is 25.1 Å². The molecular weight excluding hydrogens is 366 g/mol. The zero-order chi connectivity index (χ0) is 20.0.